The van der Waals surface area contributed by atoms with E-state index in [1.807, 2.05) is 43.3 Å². The maximum atomic E-state index is 12.2. The summed E-state index contributed by atoms with van der Waals surface area (Å²) in [6.45, 7) is 1.91. The van der Waals surface area contributed by atoms with E-state index in [0.717, 1.165) is 11.1 Å². The highest BCUT2D eigenvalue weighted by atomic mass is 35.5. The van der Waals surface area contributed by atoms with Crippen molar-refractivity contribution in [1.82, 2.24) is 0 Å². The molecule has 3 rings (SSSR count). The van der Waals surface area contributed by atoms with Gasteiger partial charge >= 0.3 is 0 Å². The predicted molar refractivity (Wildman–Crippen MR) is 74.9 cm³/mol. The van der Waals surface area contributed by atoms with E-state index >= 15 is 0 Å². The van der Waals surface area contributed by atoms with Crippen LogP contribution >= 0.6 is 11.6 Å². The SMILES string of the molecule is Cc1cc(Cl)cc2c1OC(c1ccccc1)CC2=O. The Morgan fingerprint density at radius 3 is 2.68 bits per heavy atom. The van der Waals surface area contributed by atoms with Crippen LogP contribution in [0.3, 0.4) is 0 Å². The van der Waals surface area contributed by atoms with E-state index < -0.39 is 0 Å². The van der Waals surface area contributed by atoms with Gasteiger partial charge in [0.05, 0.1) is 12.0 Å². The molecule has 0 bridgehead atoms. The topological polar surface area (TPSA) is 26.3 Å². The second kappa shape index (κ2) is 4.71. The van der Waals surface area contributed by atoms with Crippen molar-refractivity contribution in [1.29, 1.82) is 0 Å². The number of fused-ring (bicyclic) bond motifs is 1. The Hall–Kier alpha value is -1.80. The molecule has 0 amide bonds. The Labute approximate surface area is 117 Å². The summed E-state index contributed by atoms with van der Waals surface area (Å²) in [5, 5.41) is 0.575. The minimum atomic E-state index is -0.207. The van der Waals surface area contributed by atoms with Gasteiger partial charge < -0.3 is 4.74 Å². The van der Waals surface area contributed by atoms with Crippen molar-refractivity contribution in [3.05, 3.63) is 64.2 Å². The Morgan fingerprint density at radius 1 is 1.21 bits per heavy atom. The molecule has 1 aliphatic rings. The maximum Gasteiger partial charge on any atom is 0.170 e. The molecular weight excluding hydrogens is 260 g/mol. The van der Waals surface area contributed by atoms with Crippen LogP contribution in [0.1, 0.15) is 34.0 Å². The van der Waals surface area contributed by atoms with E-state index in [1.54, 1.807) is 6.07 Å². The number of halogens is 1. The first-order valence-corrected chi connectivity index (χ1v) is 6.58. The van der Waals surface area contributed by atoms with Gasteiger partial charge in [-0.15, -0.1) is 0 Å². The van der Waals surface area contributed by atoms with Gasteiger partial charge in [0, 0.05) is 5.02 Å². The van der Waals surface area contributed by atoms with Crippen LogP contribution in [-0.2, 0) is 0 Å². The largest absolute Gasteiger partial charge is 0.484 e. The molecule has 2 nitrogen and oxygen atoms in total. The zero-order chi connectivity index (χ0) is 13.4. The number of hydrogen-bond acceptors (Lipinski definition) is 2. The molecule has 0 saturated heterocycles. The van der Waals surface area contributed by atoms with Gasteiger partial charge in [-0.2, -0.15) is 0 Å². The molecule has 0 N–H and O–H groups in total. The van der Waals surface area contributed by atoms with Gasteiger partial charge in [0.25, 0.3) is 0 Å². The van der Waals surface area contributed by atoms with E-state index in [-0.39, 0.29) is 11.9 Å². The fourth-order valence-electron chi connectivity index (χ4n) is 2.41. The molecule has 0 fully saturated rings. The molecule has 0 radical (unpaired) electrons. The second-order valence-corrected chi connectivity index (χ2v) is 5.18. The fourth-order valence-corrected chi connectivity index (χ4v) is 2.68. The lowest BCUT2D eigenvalue weighted by Crippen LogP contribution is -2.21. The van der Waals surface area contributed by atoms with E-state index in [2.05, 4.69) is 0 Å². The first-order chi connectivity index (χ1) is 9.15. The van der Waals surface area contributed by atoms with Crippen LogP contribution in [0.5, 0.6) is 5.75 Å². The molecule has 1 atom stereocenters. The average molecular weight is 273 g/mol. The lowest BCUT2D eigenvalue weighted by molar-refractivity contribution is 0.0848. The third-order valence-corrected chi connectivity index (χ3v) is 3.56. The highest BCUT2D eigenvalue weighted by Gasteiger charge is 2.29. The van der Waals surface area contributed by atoms with E-state index in [4.69, 9.17) is 16.3 Å². The predicted octanol–water partition coefficient (Wildman–Crippen LogP) is 4.35. The Bertz CT molecular complexity index is 635. The number of ether oxygens (including phenoxy) is 1. The maximum absolute atomic E-state index is 12.2. The number of carbonyl (C=O) groups excluding carboxylic acids is 1. The number of benzene rings is 2. The summed E-state index contributed by atoms with van der Waals surface area (Å²) in [5.41, 5.74) is 2.52. The number of aryl methyl sites for hydroxylation is 1. The van der Waals surface area contributed by atoms with Gasteiger partial charge in [-0.1, -0.05) is 41.9 Å². The smallest absolute Gasteiger partial charge is 0.170 e. The summed E-state index contributed by atoms with van der Waals surface area (Å²) in [4.78, 5) is 12.2. The van der Waals surface area contributed by atoms with Crippen LogP contribution in [0, 0.1) is 6.92 Å². The molecule has 1 heterocycles. The number of hydrogen-bond donors (Lipinski definition) is 0. The first kappa shape index (κ1) is 12.2. The van der Waals surface area contributed by atoms with Crippen molar-refractivity contribution in [3.63, 3.8) is 0 Å². The van der Waals surface area contributed by atoms with E-state index in [9.17, 15) is 4.79 Å². The molecule has 0 spiro atoms. The summed E-state index contributed by atoms with van der Waals surface area (Å²) >= 11 is 5.99. The highest BCUT2D eigenvalue weighted by molar-refractivity contribution is 6.31. The molecule has 2 aromatic rings. The van der Waals surface area contributed by atoms with Crippen LogP contribution < -0.4 is 4.74 Å². The van der Waals surface area contributed by atoms with Gasteiger partial charge in [0.1, 0.15) is 11.9 Å². The van der Waals surface area contributed by atoms with Crippen LogP contribution in [0.15, 0.2) is 42.5 Å². The van der Waals surface area contributed by atoms with E-state index in [0.29, 0.717) is 22.8 Å². The Morgan fingerprint density at radius 2 is 1.95 bits per heavy atom. The van der Waals surface area contributed by atoms with Crippen molar-refractivity contribution < 1.29 is 9.53 Å². The first-order valence-electron chi connectivity index (χ1n) is 6.20. The van der Waals surface area contributed by atoms with Crippen molar-refractivity contribution in [2.75, 3.05) is 0 Å². The van der Waals surface area contributed by atoms with Crippen molar-refractivity contribution in [2.45, 2.75) is 19.4 Å². The molecule has 19 heavy (non-hydrogen) atoms. The molecule has 2 aromatic carbocycles. The Kier molecular flexibility index (Phi) is 3.03. The van der Waals surface area contributed by atoms with E-state index in [1.165, 1.54) is 0 Å². The quantitative estimate of drug-likeness (QED) is 0.771. The molecule has 1 aliphatic heterocycles. The van der Waals surface area contributed by atoms with Crippen LogP contribution in [0.4, 0.5) is 0 Å². The lowest BCUT2D eigenvalue weighted by atomic mass is 9.95. The zero-order valence-corrected chi connectivity index (χ0v) is 11.3. The normalized spacial score (nSPS) is 17.8. The molecule has 0 aliphatic carbocycles. The van der Waals surface area contributed by atoms with Gasteiger partial charge in [0.15, 0.2) is 5.78 Å². The van der Waals surface area contributed by atoms with Crippen LogP contribution in [0.25, 0.3) is 0 Å². The minimum Gasteiger partial charge on any atom is -0.484 e. The third-order valence-electron chi connectivity index (χ3n) is 3.34. The van der Waals surface area contributed by atoms with Gasteiger partial charge in [-0.05, 0) is 30.2 Å². The number of carbonyl (C=O) groups is 1. The van der Waals surface area contributed by atoms with Gasteiger partial charge in [-0.25, -0.2) is 0 Å². The minimum absolute atomic E-state index is 0.0840. The molecule has 96 valence electrons. The number of Topliss-reactive ketones (excluding diaryl/α,β-unsaturated/α-hetero) is 1. The van der Waals surface area contributed by atoms with Crippen molar-refractivity contribution in [3.8, 4) is 5.75 Å². The van der Waals surface area contributed by atoms with Crippen LogP contribution in [-0.4, -0.2) is 5.78 Å². The number of rotatable bonds is 1. The molecule has 3 heteroatoms. The molecule has 0 saturated carbocycles. The Balaban J connectivity index is 2.03. The summed E-state index contributed by atoms with van der Waals surface area (Å²) in [6.07, 6.45) is 0.151. The van der Waals surface area contributed by atoms with Crippen molar-refractivity contribution in [2.24, 2.45) is 0 Å². The summed E-state index contributed by atoms with van der Waals surface area (Å²) < 4.78 is 5.99. The summed E-state index contributed by atoms with van der Waals surface area (Å²) in [5.74, 6) is 0.746. The average Bonchev–Trinajstić information content (AvgIpc) is 2.41. The van der Waals surface area contributed by atoms with Gasteiger partial charge in [-0.3, -0.25) is 4.79 Å². The zero-order valence-electron chi connectivity index (χ0n) is 10.5. The molecule has 1 unspecified atom stereocenters. The summed E-state index contributed by atoms with van der Waals surface area (Å²) in [6, 6.07) is 13.3. The lowest BCUT2D eigenvalue weighted by Gasteiger charge is -2.27. The van der Waals surface area contributed by atoms with Crippen molar-refractivity contribution >= 4 is 17.4 Å². The van der Waals surface area contributed by atoms with Gasteiger partial charge in [0.2, 0.25) is 0 Å². The van der Waals surface area contributed by atoms with Crippen LogP contribution in [0.2, 0.25) is 5.02 Å². The number of ketones is 1. The molecule has 0 aromatic heterocycles. The fraction of sp³-hybridized carbons (Fsp3) is 0.188. The monoisotopic (exact) mass is 272 g/mol. The standard InChI is InChI=1S/C16H13ClO2/c1-10-7-12(17)8-13-14(18)9-15(19-16(10)13)11-5-3-2-4-6-11/h2-8,15H,9H2,1H3. The highest BCUT2D eigenvalue weighted by Crippen LogP contribution is 2.38. The summed E-state index contributed by atoms with van der Waals surface area (Å²) in [7, 11) is 0. The third kappa shape index (κ3) is 2.24. The second-order valence-electron chi connectivity index (χ2n) is 4.74. The molecular formula is C16H13ClO2.